The van der Waals surface area contributed by atoms with Crippen LogP contribution in [0.1, 0.15) is 39.0 Å². The lowest BCUT2D eigenvalue weighted by molar-refractivity contribution is -0.137. The molecule has 2 fully saturated rings. The molecule has 2 saturated heterocycles. The number of hydrogen-bond donors (Lipinski definition) is 1. The second kappa shape index (κ2) is 11.9. The molecule has 1 unspecified atom stereocenters. The van der Waals surface area contributed by atoms with Crippen LogP contribution in [0.3, 0.4) is 0 Å². The fourth-order valence-corrected chi connectivity index (χ4v) is 3.32. The number of likely N-dealkylation sites (tertiary alicyclic amines) is 1. The number of piperazine rings is 1. The highest BCUT2D eigenvalue weighted by atomic mass is 35.5. The maximum Gasteiger partial charge on any atom is 0.236 e. The highest BCUT2D eigenvalue weighted by Gasteiger charge is 2.27. The monoisotopic (exact) mass is 382 g/mol. The summed E-state index contributed by atoms with van der Waals surface area (Å²) >= 11 is 0. The minimum atomic E-state index is 0. The van der Waals surface area contributed by atoms with Crippen molar-refractivity contribution in [1.29, 1.82) is 0 Å². The van der Waals surface area contributed by atoms with E-state index in [0.29, 0.717) is 25.6 Å². The van der Waals surface area contributed by atoms with Gasteiger partial charge in [-0.2, -0.15) is 0 Å². The molecule has 0 saturated carbocycles. The number of hydrogen-bond acceptors (Lipinski definition) is 4. The van der Waals surface area contributed by atoms with Crippen molar-refractivity contribution in [2.24, 2.45) is 5.73 Å². The lowest BCUT2D eigenvalue weighted by Gasteiger charge is -2.38. The van der Waals surface area contributed by atoms with Crippen molar-refractivity contribution in [3.8, 4) is 0 Å². The van der Waals surface area contributed by atoms with Crippen molar-refractivity contribution in [2.45, 2.75) is 45.1 Å². The second-order valence-corrected chi connectivity index (χ2v) is 6.48. The largest absolute Gasteiger partial charge is 0.340 e. The van der Waals surface area contributed by atoms with E-state index in [9.17, 15) is 9.59 Å². The highest BCUT2D eigenvalue weighted by molar-refractivity contribution is 5.85. The van der Waals surface area contributed by atoms with Crippen LogP contribution in [0, 0.1) is 0 Å². The molecule has 6 nitrogen and oxygen atoms in total. The Morgan fingerprint density at radius 2 is 1.67 bits per heavy atom. The molecule has 2 aliphatic rings. The van der Waals surface area contributed by atoms with Gasteiger partial charge in [0.25, 0.3) is 0 Å². The molecule has 8 heteroatoms. The van der Waals surface area contributed by atoms with Crippen molar-refractivity contribution >= 4 is 36.6 Å². The van der Waals surface area contributed by atoms with E-state index in [-0.39, 0.29) is 36.6 Å². The van der Waals surface area contributed by atoms with Crippen molar-refractivity contribution < 1.29 is 9.59 Å². The van der Waals surface area contributed by atoms with Gasteiger partial charge in [-0.1, -0.05) is 0 Å². The number of carbonyl (C=O) groups is 2. The summed E-state index contributed by atoms with van der Waals surface area (Å²) in [5.74, 6) is 0.441. The van der Waals surface area contributed by atoms with Crippen molar-refractivity contribution in [2.75, 3.05) is 45.8 Å². The summed E-state index contributed by atoms with van der Waals surface area (Å²) in [6, 6.07) is 0.375. The Hall–Kier alpha value is -0.560. The SMILES string of the molecule is CC1CCCCN1C(=O)CN1CCN(C(=O)CCCN)CC1.Cl.Cl. The van der Waals surface area contributed by atoms with Crippen LogP contribution in [-0.2, 0) is 9.59 Å². The van der Waals surface area contributed by atoms with Crippen LogP contribution in [0.25, 0.3) is 0 Å². The van der Waals surface area contributed by atoms with E-state index in [1.165, 1.54) is 6.42 Å². The minimum absolute atomic E-state index is 0. The maximum absolute atomic E-state index is 12.4. The summed E-state index contributed by atoms with van der Waals surface area (Å²) in [6.45, 7) is 7.15. The lowest BCUT2D eigenvalue weighted by Crippen LogP contribution is -2.53. The van der Waals surface area contributed by atoms with Crippen LogP contribution in [0.5, 0.6) is 0 Å². The van der Waals surface area contributed by atoms with Gasteiger partial charge in [0.1, 0.15) is 0 Å². The van der Waals surface area contributed by atoms with Crippen LogP contribution in [0.15, 0.2) is 0 Å². The predicted octanol–water partition coefficient (Wildman–Crippen LogP) is 1.11. The van der Waals surface area contributed by atoms with Gasteiger partial charge in [-0.05, 0) is 39.2 Å². The van der Waals surface area contributed by atoms with Crippen molar-refractivity contribution in [3.63, 3.8) is 0 Å². The smallest absolute Gasteiger partial charge is 0.236 e. The van der Waals surface area contributed by atoms with E-state index in [4.69, 9.17) is 5.73 Å². The first-order valence-electron chi connectivity index (χ1n) is 8.61. The van der Waals surface area contributed by atoms with Crippen LogP contribution in [0.2, 0.25) is 0 Å². The Kier molecular flexibility index (Phi) is 11.6. The van der Waals surface area contributed by atoms with Crippen LogP contribution >= 0.6 is 24.8 Å². The van der Waals surface area contributed by atoms with Crippen molar-refractivity contribution in [3.05, 3.63) is 0 Å². The molecule has 0 aromatic heterocycles. The molecule has 0 spiro atoms. The van der Waals surface area contributed by atoms with Crippen LogP contribution in [0.4, 0.5) is 0 Å². The van der Waals surface area contributed by atoms with E-state index < -0.39 is 0 Å². The summed E-state index contributed by atoms with van der Waals surface area (Å²) in [5.41, 5.74) is 5.44. The quantitative estimate of drug-likeness (QED) is 0.772. The topological polar surface area (TPSA) is 69.9 Å². The van der Waals surface area contributed by atoms with E-state index in [0.717, 1.165) is 52.0 Å². The number of halogens is 2. The molecule has 2 aliphatic heterocycles. The molecule has 0 bridgehead atoms. The first kappa shape index (κ1) is 23.4. The zero-order chi connectivity index (χ0) is 15.9. The maximum atomic E-state index is 12.4. The van der Waals surface area contributed by atoms with Gasteiger partial charge in [0.2, 0.25) is 11.8 Å². The van der Waals surface area contributed by atoms with Gasteiger partial charge in [0, 0.05) is 45.2 Å². The molecular weight excluding hydrogens is 351 g/mol. The number of nitrogens with two attached hydrogens (primary N) is 1. The summed E-state index contributed by atoms with van der Waals surface area (Å²) in [5, 5.41) is 0. The average Bonchev–Trinajstić information content (AvgIpc) is 2.53. The number of rotatable bonds is 5. The standard InChI is InChI=1S/C16H30N4O2.2ClH/c1-14-5-2-3-8-20(14)16(22)13-18-9-11-19(12-10-18)15(21)6-4-7-17;;/h14H,2-13,17H2,1H3;2*1H. The van der Waals surface area contributed by atoms with E-state index in [1.807, 2.05) is 9.80 Å². The third-order valence-corrected chi connectivity index (χ3v) is 4.80. The Labute approximate surface area is 157 Å². The van der Waals surface area contributed by atoms with Gasteiger partial charge in [0.05, 0.1) is 6.54 Å². The summed E-state index contributed by atoms with van der Waals surface area (Å²) in [4.78, 5) is 30.5. The second-order valence-electron chi connectivity index (χ2n) is 6.48. The Bertz CT molecular complexity index is 390. The van der Waals surface area contributed by atoms with Gasteiger partial charge >= 0.3 is 0 Å². The van der Waals surface area contributed by atoms with Crippen LogP contribution in [-0.4, -0.2) is 78.4 Å². The number of amides is 2. The third kappa shape index (κ3) is 6.75. The lowest BCUT2D eigenvalue weighted by atomic mass is 10.0. The molecule has 0 aliphatic carbocycles. The Morgan fingerprint density at radius 3 is 2.25 bits per heavy atom. The first-order valence-corrected chi connectivity index (χ1v) is 8.61. The van der Waals surface area contributed by atoms with Gasteiger partial charge in [-0.15, -0.1) is 24.8 Å². The fraction of sp³-hybridized carbons (Fsp3) is 0.875. The Morgan fingerprint density at radius 1 is 1.00 bits per heavy atom. The van der Waals surface area contributed by atoms with Crippen LogP contribution < -0.4 is 5.73 Å². The summed E-state index contributed by atoms with van der Waals surface area (Å²) < 4.78 is 0. The van der Waals surface area contributed by atoms with Crippen molar-refractivity contribution in [1.82, 2.24) is 14.7 Å². The Balaban J connectivity index is 0.00000264. The predicted molar refractivity (Wildman–Crippen MR) is 101 cm³/mol. The highest BCUT2D eigenvalue weighted by Crippen LogP contribution is 2.17. The average molecular weight is 383 g/mol. The number of carbonyl (C=O) groups excluding carboxylic acids is 2. The minimum Gasteiger partial charge on any atom is -0.340 e. The zero-order valence-electron chi connectivity index (χ0n) is 14.6. The molecular formula is C16H32Cl2N4O2. The number of nitrogens with zero attached hydrogens (tertiary/aromatic N) is 3. The molecule has 142 valence electrons. The van der Waals surface area contributed by atoms with E-state index in [2.05, 4.69) is 11.8 Å². The van der Waals surface area contributed by atoms with E-state index >= 15 is 0 Å². The van der Waals surface area contributed by atoms with Gasteiger partial charge in [-0.25, -0.2) is 0 Å². The molecule has 0 aromatic rings. The number of piperidine rings is 1. The first-order chi connectivity index (χ1) is 10.6. The van der Waals surface area contributed by atoms with Gasteiger partial charge in [-0.3, -0.25) is 14.5 Å². The molecule has 24 heavy (non-hydrogen) atoms. The summed E-state index contributed by atoms with van der Waals surface area (Å²) in [7, 11) is 0. The third-order valence-electron chi connectivity index (χ3n) is 4.80. The van der Waals surface area contributed by atoms with Gasteiger partial charge in [0.15, 0.2) is 0 Å². The zero-order valence-corrected chi connectivity index (χ0v) is 16.2. The molecule has 2 heterocycles. The molecule has 2 rings (SSSR count). The molecule has 0 aromatic carbocycles. The molecule has 2 amide bonds. The van der Waals surface area contributed by atoms with Gasteiger partial charge < -0.3 is 15.5 Å². The van der Waals surface area contributed by atoms with E-state index in [1.54, 1.807) is 0 Å². The molecule has 1 atom stereocenters. The normalized spacial score (nSPS) is 21.7. The molecule has 0 radical (unpaired) electrons. The molecule has 2 N–H and O–H groups in total. The summed E-state index contributed by atoms with van der Waals surface area (Å²) in [6.07, 6.45) is 4.77. The fourth-order valence-electron chi connectivity index (χ4n) is 3.32.